The van der Waals surface area contributed by atoms with Crippen molar-refractivity contribution in [2.45, 2.75) is 45.7 Å². The van der Waals surface area contributed by atoms with Gasteiger partial charge in [0.1, 0.15) is 5.69 Å². The zero-order valence-electron chi connectivity index (χ0n) is 15.8. The Labute approximate surface area is 157 Å². The summed E-state index contributed by atoms with van der Waals surface area (Å²) in [7, 11) is 0. The molecule has 144 valence electrons. The Bertz CT molecular complexity index is 888. The fraction of sp³-hybridized carbons (Fsp3) is 0.474. The molecule has 1 saturated heterocycles. The average Bonchev–Trinajstić information content (AvgIpc) is 2.64. The molecule has 2 aromatic rings. The Balaban J connectivity index is 1.80. The number of carbonyl (C=O) groups is 1. The Morgan fingerprint density at radius 1 is 1.30 bits per heavy atom. The van der Waals surface area contributed by atoms with E-state index in [-0.39, 0.29) is 29.2 Å². The molecule has 0 aliphatic carbocycles. The predicted octanol–water partition coefficient (Wildman–Crippen LogP) is 2.45. The Morgan fingerprint density at radius 3 is 2.63 bits per heavy atom. The van der Waals surface area contributed by atoms with E-state index in [1.165, 1.54) is 6.07 Å². The lowest BCUT2D eigenvalue weighted by Crippen LogP contribution is -2.41. The summed E-state index contributed by atoms with van der Waals surface area (Å²) in [5.41, 5.74) is 0.541. The minimum absolute atomic E-state index is 0.0357. The zero-order valence-corrected chi connectivity index (χ0v) is 15.8. The van der Waals surface area contributed by atoms with Gasteiger partial charge in [0.15, 0.2) is 5.82 Å². The van der Waals surface area contributed by atoms with Crippen molar-refractivity contribution in [3.63, 3.8) is 0 Å². The topological polar surface area (TPSA) is 80.1 Å². The molecule has 1 amide bonds. The number of anilines is 1. The molecule has 3 rings (SSSR count). The summed E-state index contributed by atoms with van der Waals surface area (Å²) >= 11 is 0. The largest absolute Gasteiger partial charge is 0.351 e. The van der Waals surface area contributed by atoms with Gasteiger partial charge in [-0.25, -0.2) is 14.4 Å². The Kier molecular flexibility index (Phi) is 5.53. The molecule has 0 aromatic carbocycles. The van der Waals surface area contributed by atoms with Crippen molar-refractivity contribution in [2.24, 2.45) is 0 Å². The van der Waals surface area contributed by atoms with Crippen LogP contribution in [0.5, 0.6) is 0 Å². The van der Waals surface area contributed by atoms with Crippen LogP contribution in [0, 0.1) is 5.82 Å². The van der Waals surface area contributed by atoms with Crippen LogP contribution in [0.2, 0.25) is 0 Å². The van der Waals surface area contributed by atoms with Gasteiger partial charge in [0.2, 0.25) is 11.9 Å². The van der Waals surface area contributed by atoms with Gasteiger partial charge in [0, 0.05) is 49.9 Å². The van der Waals surface area contributed by atoms with E-state index in [1.54, 1.807) is 23.8 Å². The van der Waals surface area contributed by atoms with Gasteiger partial charge in [-0.15, -0.1) is 0 Å². The highest BCUT2D eigenvalue weighted by Gasteiger charge is 2.21. The summed E-state index contributed by atoms with van der Waals surface area (Å²) in [6, 6.07) is 3.08. The lowest BCUT2D eigenvalue weighted by Gasteiger charge is -2.31. The second-order valence-corrected chi connectivity index (χ2v) is 7.07. The number of rotatable bonds is 4. The smallest absolute Gasteiger partial charge is 0.250 e. The fourth-order valence-electron chi connectivity index (χ4n) is 3.21. The number of amides is 1. The first-order valence-electron chi connectivity index (χ1n) is 9.12. The molecular formula is C19H24FN5O2. The number of pyridine rings is 1. The fourth-order valence-corrected chi connectivity index (χ4v) is 3.21. The maximum atomic E-state index is 14.3. The van der Waals surface area contributed by atoms with Gasteiger partial charge in [-0.3, -0.25) is 9.59 Å². The summed E-state index contributed by atoms with van der Waals surface area (Å²) in [6.45, 7) is 6.71. The zero-order chi connectivity index (χ0) is 19.6. The highest BCUT2D eigenvalue weighted by molar-refractivity contribution is 5.73. The first-order chi connectivity index (χ1) is 12.8. The van der Waals surface area contributed by atoms with Gasteiger partial charge in [0.25, 0.3) is 5.56 Å². The maximum Gasteiger partial charge on any atom is 0.250 e. The second kappa shape index (κ2) is 7.85. The Morgan fingerprint density at radius 2 is 2.00 bits per heavy atom. The molecule has 8 heteroatoms. The number of halogens is 1. The number of nitrogens with one attached hydrogen (secondary N) is 1. The monoisotopic (exact) mass is 373 g/mol. The first kappa shape index (κ1) is 19.0. The molecular weight excluding hydrogens is 349 g/mol. The molecule has 0 atom stereocenters. The molecule has 0 unspecified atom stereocenters. The summed E-state index contributed by atoms with van der Waals surface area (Å²) in [5, 5.41) is 3.23. The highest BCUT2D eigenvalue weighted by Crippen LogP contribution is 2.22. The van der Waals surface area contributed by atoms with E-state index in [9.17, 15) is 14.0 Å². The van der Waals surface area contributed by atoms with Crippen molar-refractivity contribution in [3.05, 3.63) is 40.7 Å². The van der Waals surface area contributed by atoms with Crippen LogP contribution >= 0.6 is 0 Å². The third kappa shape index (κ3) is 4.32. The second-order valence-electron chi connectivity index (χ2n) is 7.07. The molecule has 3 heterocycles. The maximum absolute atomic E-state index is 14.3. The van der Waals surface area contributed by atoms with E-state index < -0.39 is 5.82 Å². The van der Waals surface area contributed by atoms with Crippen LogP contribution in [0.1, 0.15) is 39.7 Å². The number of aromatic nitrogens is 3. The highest BCUT2D eigenvalue weighted by atomic mass is 19.1. The van der Waals surface area contributed by atoms with Crippen molar-refractivity contribution in [1.29, 1.82) is 0 Å². The van der Waals surface area contributed by atoms with Crippen LogP contribution in [0.15, 0.2) is 29.3 Å². The van der Waals surface area contributed by atoms with Crippen LogP contribution in [0.3, 0.4) is 0 Å². The van der Waals surface area contributed by atoms with Crippen LogP contribution in [-0.2, 0) is 4.79 Å². The van der Waals surface area contributed by atoms with E-state index in [4.69, 9.17) is 0 Å². The van der Waals surface area contributed by atoms with E-state index >= 15 is 0 Å². The number of likely N-dealkylation sites (tertiary alicyclic amines) is 1. The van der Waals surface area contributed by atoms with Gasteiger partial charge in [-0.05, 0) is 32.8 Å². The molecule has 2 aromatic heterocycles. The van der Waals surface area contributed by atoms with E-state index in [2.05, 4.69) is 15.3 Å². The number of hydrogen-bond donors (Lipinski definition) is 1. The number of carbonyl (C=O) groups excluding carboxylic acids is 1. The van der Waals surface area contributed by atoms with Crippen LogP contribution in [0.4, 0.5) is 10.3 Å². The van der Waals surface area contributed by atoms with Crippen molar-refractivity contribution < 1.29 is 9.18 Å². The van der Waals surface area contributed by atoms with Gasteiger partial charge in [-0.2, -0.15) is 0 Å². The lowest BCUT2D eigenvalue weighted by molar-refractivity contribution is -0.129. The summed E-state index contributed by atoms with van der Waals surface area (Å²) < 4.78 is 15.9. The minimum Gasteiger partial charge on any atom is -0.351 e. The van der Waals surface area contributed by atoms with Gasteiger partial charge in [0.05, 0.1) is 6.20 Å². The molecule has 1 aliphatic rings. The number of piperidine rings is 1. The van der Waals surface area contributed by atoms with E-state index in [0.29, 0.717) is 24.6 Å². The van der Waals surface area contributed by atoms with Crippen LogP contribution in [-0.4, -0.2) is 44.5 Å². The normalized spacial score (nSPS) is 15.2. The Hall–Kier alpha value is -2.77. The molecule has 7 nitrogen and oxygen atoms in total. The SMILES string of the molecule is CC(=O)N1CCC(Nc2ncc(F)c(-c3ccc(=O)n(C(C)C)c3)n2)CC1. The molecule has 1 fully saturated rings. The quantitative estimate of drug-likeness (QED) is 0.890. The van der Waals surface area contributed by atoms with Crippen molar-refractivity contribution in [2.75, 3.05) is 18.4 Å². The van der Waals surface area contributed by atoms with Crippen LogP contribution in [0.25, 0.3) is 11.3 Å². The van der Waals surface area contributed by atoms with Crippen molar-refractivity contribution in [1.82, 2.24) is 19.4 Å². The van der Waals surface area contributed by atoms with E-state index in [0.717, 1.165) is 19.0 Å². The average molecular weight is 373 g/mol. The predicted molar refractivity (Wildman–Crippen MR) is 101 cm³/mol. The molecule has 0 radical (unpaired) electrons. The van der Waals surface area contributed by atoms with Crippen LogP contribution < -0.4 is 10.9 Å². The molecule has 0 spiro atoms. The summed E-state index contributed by atoms with van der Waals surface area (Å²) in [5.74, 6) is -0.120. The van der Waals surface area contributed by atoms with Gasteiger partial charge >= 0.3 is 0 Å². The number of nitrogens with zero attached hydrogens (tertiary/aromatic N) is 4. The summed E-state index contributed by atoms with van der Waals surface area (Å²) in [4.78, 5) is 33.5. The summed E-state index contributed by atoms with van der Waals surface area (Å²) in [6.07, 6.45) is 4.33. The van der Waals surface area contributed by atoms with Gasteiger partial charge < -0.3 is 14.8 Å². The third-order valence-corrected chi connectivity index (χ3v) is 4.79. The molecule has 1 N–H and O–H groups in total. The first-order valence-corrected chi connectivity index (χ1v) is 9.12. The molecule has 1 aliphatic heterocycles. The molecule has 0 bridgehead atoms. The lowest BCUT2D eigenvalue weighted by atomic mass is 10.1. The van der Waals surface area contributed by atoms with Gasteiger partial charge in [-0.1, -0.05) is 0 Å². The number of hydrogen-bond acceptors (Lipinski definition) is 5. The third-order valence-electron chi connectivity index (χ3n) is 4.79. The molecule has 0 saturated carbocycles. The standard InChI is InChI=1S/C19H24FN5O2/c1-12(2)25-11-14(4-5-17(25)27)18-16(20)10-21-19(23-18)22-15-6-8-24(9-7-15)13(3)26/h4-5,10-12,15H,6-9H2,1-3H3,(H,21,22,23). The van der Waals surface area contributed by atoms with Crippen molar-refractivity contribution >= 4 is 11.9 Å². The van der Waals surface area contributed by atoms with E-state index in [1.807, 2.05) is 18.7 Å². The minimum atomic E-state index is -0.541. The van der Waals surface area contributed by atoms with Crippen molar-refractivity contribution in [3.8, 4) is 11.3 Å². The molecule has 27 heavy (non-hydrogen) atoms.